The Hall–Kier alpha value is -3.81. The van der Waals surface area contributed by atoms with E-state index in [0.29, 0.717) is 42.9 Å². The molecule has 0 spiro atoms. The summed E-state index contributed by atoms with van der Waals surface area (Å²) in [6.07, 6.45) is 6.65. The summed E-state index contributed by atoms with van der Waals surface area (Å²) in [4.78, 5) is 32.3. The van der Waals surface area contributed by atoms with Gasteiger partial charge in [-0.15, -0.1) is 0 Å². The lowest BCUT2D eigenvalue weighted by molar-refractivity contribution is -0.128. The number of amides is 2. The second kappa shape index (κ2) is 9.82. The Balaban J connectivity index is 1.55. The Labute approximate surface area is 204 Å². The van der Waals surface area contributed by atoms with E-state index in [1.165, 1.54) is 4.90 Å². The lowest BCUT2D eigenvalue weighted by Gasteiger charge is -2.30. The van der Waals surface area contributed by atoms with Crippen molar-refractivity contribution in [2.45, 2.75) is 51.2 Å². The van der Waals surface area contributed by atoms with Crippen LogP contribution in [0.3, 0.4) is 0 Å². The summed E-state index contributed by atoms with van der Waals surface area (Å²) in [7, 11) is 0. The van der Waals surface area contributed by atoms with E-state index in [1.807, 2.05) is 19.1 Å². The molecule has 35 heavy (non-hydrogen) atoms. The molecule has 6 rings (SSSR count). The fraction of sp³-hybridized carbons (Fsp3) is 0.370. The van der Waals surface area contributed by atoms with Crippen LogP contribution in [-0.2, 0) is 11.3 Å². The third-order valence-corrected chi connectivity index (χ3v) is 6.61. The number of rotatable bonds is 2. The molecule has 3 N–H and O–H groups in total. The standard InChI is InChI=1S/C27H30N4O4/c1-2-34-23-10-8-18-14-19(23)16-31-25(32)15-20(29-27(31)28)6-4-3-5-17-7-9-24-21(13-17)22(11-12-35-24)30-26(18)33/h3,5,7-10,13-14,20,22H,2,4,6,11-12,15-16H2,1H3,(H2,28,29)(H,30,33)/b5-3+. The summed E-state index contributed by atoms with van der Waals surface area (Å²) in [6, 6.07) is 11.0. The molecular formula is C27H30N4O4. The third kappa shape index (κ3) is 4.87. The summed E-state index contributed by atoms with van der Waals surface area (Å²) in [5.41, 5.74) is 9.44. The molecule has 182 valence electrons. The van der Waals surface area contributed by atoms with Gasteiger partial charge in [-0.25, -0.2) is 4.99 Å². The number of nitrogens with two attached hydrogens (primary N) is 1. The number of fused-ring (bicyclic) bond motifs is 4. The predicted octanol–water partition coefficient (Wildman–Crippen LogP) is 3.56. The average Bonchev–Trinajstić information content (AvgIpc) is 2.85. The lowest BCUT2D eigenvalue weighted by atomic mass is 9.97. The van der Waals surface area contributed by atoms with Crippen LogP contribution in [0.1, 0.15) is 65.7 Å². The number of carbonyl (C=O) groups is 2. The van der Waals surface area contributed by atoms with Crippen LogP contribution in [0.4, 0.5) is 0 Å². The van der Waals surface area contributed by atoms with E-state index in [1.54, 1.807) is 18.2 Å². The molecular weight excluding hydrogens is 444 g/mol. The lowest BCUT2D eigenvalue weighted by Crippen LogP contribution is -2.46. The van der Waals surface area contributed by atoms with Crippen molar-refractivity contribution in [2.24, 2.45) is 10.7 Å². The maximum Gasteiger partial charge on any atom is 0.251 e. The predicted molar refractivity (Wildman–Crippen MR) is 133 cm³/mol. The summed E-state index contributed by atoms with van der Waals surface area (Å²) in [6.45, 7) is 3.10. The molecule has 0 saturated heterocycles. The molecule has 0 aromatic heterocycles. The average molecular weight is 475 g/mol. The van der Waals surface area contributed by atoms with E-state index < -0.39 is 0 Å². The molecule has 6 bridgehead atoms. The van der Waals surface area contributed by atoms with Crippen LogP contribution in [0, 0.1) is 0 Å². The molecule has 2 unspecified atom stereocenters. The van der Waals surface area contributed by atoms with Crippen LogP contribution in [0.2, 0.25) is 0 Å². The minimum Gasteiger partial charge on any atom is -0.494 e. The Bertz CT molecular complexity index is 1210. The quantitative estimate of drug-likeness (QED) is 0.692. The number of allylic oxidation sites excluding steroid dienone is 1. The fourth-order valence-electron chi connectivity index (χ4n) is 4.80. The molecule has 8 heteroatoms. The first kappa shape index (κ1) is 23.0. The number of nitrogens with zero attached hydrogens (tertiary/aromatic N) is 2. The number of nitrogens with one attached hydrogen (secondary N) is 1. The molecule has 4 aliphatic rings. The zero-order valence-electron chi connectivity index (χ0n) is 19.8. The summed E-state index contributed by atoms with van der Waals surface area (Å²) in [5, 5.41) is 3.17. The molecule has 4 heterocycles. The molecule has 8 nitrogen and oxygen atoms in total. The molecule has 0 saturated carbocycles. The fourth-order valence-corrected chi connectivity index (χ4v) is 4.80. The van der Waals surface area contributed by atoms with E-state index in [9.17, 15) is 9.59 Å². The summed E-state index contributed by atoms with van der Waals surface area (Å²) < 4.78 is 11.6. The highest BCUT2D eigenvalue weighted by atomic mass is 16.5. The number of carbonyl (C=O) groups excluding carboxylic acids is 2. The van der Waals surface area contributed by atoms with Gasteiger partial charge in [0.1, 0.15) is 11.5 Å². The SMILES string of the molecule is CCOc1ccc2cc1CN1C(=O)CC(CC/C=C/c3ccc4c(c3)C(CCO4)NC2=O)N=C1N. The third-order valence-electron chi connectivity index (χ3n) is 6.61. The smallest absolute Gasteiger partial charge is 0.251 e. The highest BCUT2D eigenvalue weighted by molar-refractivity contribution is 5.99. The zero-order valence-corrected chi connectivity index (χ0v) is 19.8. The summed E-state index contributed by atoms with van der Waals surface area (Å²) >= 11 is 0. The second-order valence-electron chi connectivity index (χ2n) is 9.02. The van der Waals surface area contributed by atoms with Gasteiger partial charge in [-0.05, 0) is 55.7 Å². The maximum absolute atomic E-state index is 13.3. The topological polar surface area (TPSA) is 106 Å². The van der Waals surface area contributed by atoms with E-state index in [4.69, 9.17) is 15.2 Å². The molecule has 0 fully saturated rings. The van der Waals surface area contributed by atoms with Gasteiger partial charge in [0, 0.05) is 29.5 Å². The molecule has 2 amide bonds. The zero-order chi connectivity index (χ0) is 24.4. The van der Waals surface area contributed by atoms with Crippen LogP contribution in [0.25, 0.3) is 6.08 Å². The van der Waals surface area contributed by atoms with Crippen LogP contribution in [0.5, 0.6) is 11.5 Å². The van der Waals surface area contributed by atoms with Gasteiger partial charge in [-0.1, -0.05) is 18.2 Å². The molecule has 2 aromatic rings. The Morgan fingerprint density at radius 3 is 2.91 bits per heavy atom. The van der Waals surface area contributed by atoms with Crippen LogP contribution in [-0.4, -0.2) is 41.9 Å². The van der Waals surface area contributed by atoms with Gasteiger partial charge >= 0.3 is 0 Å². The number of hydrogen-bond acceptors (Lipinski definition) is 6. The highest BCUT2D eigenvalue weighted by Crippen LogP contribution is 2.34. The van der Waals surface area contributed by atoms with Crippen molar-refractivity contribution in [3.8, 4) is 11.5 Å². The number of aliphatic imine (C=N–C) groups is 1. The first-order valence-corrected chi connectivity index (χ1v) is 12.2. The molecule has 2 aromatic carbocycles. The van der Waals surface area contributed by atoms with Crippen LogP contribution >= 0.6 is 0 Å². The molecule has 0 aliphatic carbocycles. The van der Waals surface area contributed by atoms with Crippen molar-refractivity contribution in [3.63, 3.8) is 0 Å². The van der Waals surface area contributed by atoms with E-state index >= 15 is 0 Å². The van der Waals surface area contributed by atoms with E-state index in [-0.39, 0.29) is 36.4 Å². The molecule has 2 atom stereocenters. The van der Waals surface area contributed by atoms with Gasteiger partial charge in [-0.2, -0.15) is 0 Å². The van der Waals surface area contributed by atoms with Gasteiger partial charge in [0.2, 0.25) is 5.91 Å². The Kier molecular flexibility index (Phi) is 6.44. The van der Waals surface area contributed by atoms with Crippen molar-refractivity contribution in [1.82, 2.24) is 10.2 Å². The van der Waals surface area contributed by atoms with E-state index in [2.05, 4.69) is 28.5 Å². The number of hydrogen-bond donors (Lipinski definition) is 2. The number of guanidine groups is 1. The van der Waals surface area contributed by atoms with Crippen molar-refractivity contribution < 1.29 is 19.1 Å². The Morgan fingerprint density at radius 1 is 1.20 bits per heavy atom. The highest BCUT2D eigenvalue weighted by Gasteiger charge is 2.29. The first-order chi connectivity index (χ1) is 17.0. The van der Waals surface area contributed by atoms with Gasteiger partial charge in [-0.3, -0.25) is 14.5 Å². The normalized spacial score (nSPS) is 22.9. The minimum atomic E-state index is -0.194. The van der Waals surface area contributed by atoms with Crippen molar-refractivity contribution in [1.29, 1.82) is 0 Å². The van der Waals surface area contributed by atoms with Gasteiger partial charge in [0.15, 0.2) is 5.96 Å². The van der Waals surface area contributed by atoms with Crippen LogP contribution < -0.4 is 20.5 Å². The largest absolute Gasteiger partial charge is 0.494 e. The van der Waals surface area contributed by atoms with Gasteiger partial charge in [0.25, 0.3) is 5.91 Å². The van der Waals surface area contributed by atoms with Gasteiger partial charge < -0.3 is 20.5 Å². The number of ether oxygens (including phenoxy) is 2. The maximum atomic E-state index is 13.3. The molecule has 0 radical (unpaired) electrons. The summed E-state index contributed by atoms with van der Waals surface area (Å²) in [5.74, 6) is 1.35. The van der Waals surface area contributed by atoms with Crippen LogP contribution in [0.15, 0.2) is 47.5 Å². The van der Waals surface area contributed by atoms with Crippen molar-refractivity contribution in [3.05, 3.63) is 64.7 Å². The number of benzene rings is 2. The Morgan fingerprint density at radius 2 is 2.09 bits per heavy atom. The molecule has 4 aliphatic heterocycles. The minimum absolute atomic E-state index is 0.0765. The van der Waals surface area contributed by atoms with E-state index in [0.717, 1.165) is 29.7 Å². The first-order valence-electron chi connectivity index (χ1n) is 12.2. The van der Waals surface area contributed by atoms with Crippen molar-refractivity contribution in [2.75, 3.05) is 13.2 Å². The monoisotopic (exact) mass is 474 g/mol. The van der Waals surface area contributed by atoms with Crippen molar-refractivity contribution >= 4 is 23.8 Å². The van der Waals surface area contributed by atoms with Gasteiger partial charge in [0.05, 0.1) is 31.8 Å². The second-order valence-corrected chi connectivity index (χ2v) is 9.02.